The number of rotatable bonds is 3. The monoisotopic (exact) mass is 339 g/mol. The lowest BCUT2D eigenvalue weighted by Gasteiger charge is -2.16. The average molecular weight is 340 g/mol. The van der Waals surface area contributed by atoms with Crippen LogP contribution in [-0.2, 0) is 0 Å². The van der Waals surface area contributed by atoms with Crippen molar-refractivity contribution >= 4 is 33.4 Å². The maximum atomic E-state index is 11.0. The molecule has 6 heteroatoms. The highest BCUT2D eigenvalue weighted by atomic mass is 35.5. The Hall–Kier alpha value is -2.63. The van der Waals surface area contributed by atoms with Crippen LogP contribution < -0.4 is 4.74 Å². The zero-order chi connectivity index (χ0) is 16.7. The third kappa shape index (κ3) is 2.21. The van der Waals surface area contributed by atoms with Gasteiger partial charge in [-0.25, -0.2) is 4.98 Å². The predicted molar refractivity (Wildman–Crippen MR) is 93.4 cm³/mol. The van der Waals surface area contributed by atoms with Gasteiger partial charge in [0.1, 0.15) is 10.9 Å². The van der Waals surface area contributed by atoms with Crippen LogP contribution in [0.3, 0.4) is 0 Å². The normalized spacial score (nSPS) is 12.6. The Morgan fingerprint density at radius 1 is 1.12 bits per heavy atom. The molecule has 0 saturated carbocycles. The summed E-state index contributed by atoms with van der Waals surface area (Å²) in [6.07, 6.45) is 4.09. The number of halogens is 1. The summed E-state index contributed by atoms with van der Waals surface area (Å²) in [5.74, 6) is 0.757. The molecule has 1 aromatic carbocycles. The number of benzene rings is 1. The number of nitrogens with zero attached hydrogens (tertiary/aromatic N) is 3. The van der Waals surface area contributed by atoms with Crippen molar-refractivity contribution < 1.29 is 9.84 Å². The molecule has 24 heavy (non-hydrogen) atoms. The molecule has 120 valence electrons. The number of aromatic nitrogens is 3. The number of ether oxygens (including phenoxy) is 1. The van der Waals surface area contributed by atoms with Crippen LogP contribution in [-0.4, -0.2) is 26.8 Å². The maximum absolute atomic E-state index is 11.0. The summed E-state index contributed by atoms with van der Waals surface area (Å²) in [5, 5.41) is 13.2. The second kappa shape index (κ2) is 5.78. The summed E-state index contributed by atoms with van der Waals surface area (Å²) >= 11 is 6.17. The molecule has 0 bridgehead atoms. The van der Waals surface area contributed by atoms with Crippen molar-refractivity contribution in [1.82, 2.24) is 14.5 Å². The van der Waals surface area contributed by atoms with Crippen molar-refractivity contribution in [2.45, 2.75) is 6.23 Å². The van der Waals surface area contributed by atoms with Gasteiger partial charge in [0.05, 0.1) is 24.3 Å². The smallest absolute Gasteiger partial charge is 0.160 e. The zero-order valence-electron chi connectivity index (χ0n) is 12.8. The van der Waals surface area contributed by atoms with E-state index in [0.29, 0.717) is 5.56 Å². The van der Waals surface area contributed by atoms with Gasteiger partial charge in [0.15, 0.2) is 6.23 Å². The van der Waals surface area contributed by atoms with E-state index in [2.05, 4.69) is 9.97 Å². The van der Waals surface area contributed by atoms with Crippen LogP contribution in [0.15, 0.2) is 55.0 Å². The molecule has 0 amide bonds. The molecule has 0 fully saturated rings. The molecule has 0 saturated heterocycles. The largest absolute Gasteiger partial charge is 0.497 e. The van der Waals surface area contributed by atoms with E-state index in [-0.39, 0.29) is 5.15 Å². The Morgan fingerprint density at radius 2 is 2.00 bits per heavy atom. The Kier molecular flexibility index (Phi) is 3.59. The van der Waals surface area contributed by atoms with Crippen molar-refractivity contribution in [2.75, 3.05) is 7.11 Å². The van der Waals surface area contributed by atoms with Crippen LogP contribution in [0.2, 0.25) is 5.15 Å². The average Bonchev–Trinajstić information content (AvgIpc) is 2.95. The second-order valence-corrected chi connectivity index (χ2v) is 5.76. The van der Waals surface area contributed by atoms with E-state index in [0.717, 1.165) is 27.6 Å². The van der Waals surface area contributed by atoms with Gasteiger partial charge < -0.3 is 14.4 Å². The summed E-state index contributed by atoms with van der Waals surface area (Å²) in [7, 11) is 1.63. The molecule has 4 aromatic rings. The minimum atomic E-state index is -0.969. The Morgan fingerprint density at radius 3 is 2.79 bits per heavy atom. The van der Waals surface area contributed by atoms with Crippen molar-refractivity contribution in [1.29, 1.82) is 0 Å². The van der Waals surface area contributed by atoms with Gasteiger partial charge in [-0.15, -0.1) is 0 Å². The van der Waals surface area contributed by atoms with Crippen molar-refractivity contribution in [3.8, 4) is 5.75 Å². The first kappa shape index (κ1) is 14.9. The third-order valence-electron chi connectivity index (χ3n) is 4.12. The minimum Gasteiger partial charge on any atom is -0.497 e. The number of aliphatic hydroxyl groups is 1. The van der Waals surface area contributed by atoms with Crippen LogP contribution >= 0.6 is 11.6 Å². The first-order valence-corrected chi connectivity index (χ1v) is 7.78. The highest BCUT2D eigenvalue weighted by Gasteiger charge is 2.20. The van der Waals surface area contributed by atoms with E-state index in [1.165, 1.54) is 0 Å². The van der Waals surface area contributed by atoms with Crippen LogP contribution in [0, 0.1) is 0 Å². The minimum absolute atomic E-state index is 0.275. The second-order valence-electron chi connectivity index (χ2n) is 5.40. The summed E-state index contributed by atoms with van der Waals surface area (Å²) < 4.78 is 7.13. The van der Waals surface area contributed by atoms with Gasteiger partial charge in [-0.05, 0) is 36.4 Å². The van der Waals surface area contributed by atoms with Crippen LogP contribution in [0.4, 0.5) is 0 Å². The first-order chi connectivity index (χ1) is 11.7. The molecule has 0 aliphatic carbocycles. The lowest BCUT2D eigenvalue weighted by atomic mass is 10.2. The molecular weight excluding hydrogens is 326 g/mol. The summed E-state index contributed by atoms with van der Waals surface area (Å²) in [4.78, 5) is 8.25. The molecule has 1 atom stereocenters. The molecule has 0 aliphatic heterocycles. The molecule has 0 spiro atoms. The van der Waals surface area contributed by atoms with Crippen LogP contribution in [0.1, 0.15) is 11.8 Å². The Labute approximate surface area is 143 Å². The standard InChI is InChI=1S/C18H14ClN3O2/c1-24-11-4-5-15-14(9-11)12-6-8-20-10-16(12)22(15)18(23)13-3-2-7-21-17(13)19/h2-10,18,23H,1H3. The fourth-order valence-corrected chi connectivity index (χ4v) is 3.21. The third-order valence-corrected chi connectivity index (χ3v) is 4.44. The zero-order valence-corrected chi connectivity index (χ0v) is 13.6. The van der Waals surface area contributed by atoms with Crippen LogP contribution in [0.5, 0.6) is 5.75 Å². The fourth-order valence-electron chi connectivity index (χ4n) is 3.00. The van der Waals surface area contributed by atoms with Crippen molar-refractivity contribution in [2.24, 2.45) is 0 Å². The number of hydrogen-bond donors (Lipinski definition) is 1. The summed E-state index contributed by atoms with van der Waals surface area (Å²) in [6.45, 7) is 0. The Bertz CT molecular complexity index is 1040. The van der Waals surface area contributed by atoms with E-state index >= 15 is 0 Å². The molecule has 1 N–H and O–H groups in total. The topological polar surface area (TPSA) is 60.2 Å². The number of pyridine rings is 2. The number of methoxy groups -OCH3 is 1. The maximum Gasteiger partial charge on any atom is 0.160 e. The molecule has 4 rings (SSSR count). The van der Waals surface area contributed by atoms with E-state index in [1.807, 2.05) is 24.3 Å². The quantitative estimate of drug-likeness (QED) is 0.577. The molecule has 1 unspecified atom stereocenters. The van der Waals surface area contributed by atoms with Gasteiger partial charge in [0.25, 0.3) is 0 Å². The van der Waals surface area contributed by atoms with Crippen molar-refractivity contribution in [3.63, 3.8) is 0 Å². The summed E-state index contributed by atoms with van der Waals surface area (Å²) in [6, 6.07) is 11.2. The van der Waals surface area contributed by atoms with Gasteiger partial charge in [0.2, 0.25) is 0 Å². The molecular formula is C18H14ClN3O2. The first-order valence-electron chi connectivity index (χ1n) is 7.41. The lowest BCUT2D eigenvalue weighted by Crippen LogP contribution is -2.10. The van der Waals surface area contributed by atoms with Gasteiger partial charge in [-0.2, -0.15) is 0 Å². The highest BCUT2D eigenvalue weighted by Crippen LogP contribution is 2.35. The SMILES string of the molecule is COc1ccc2c(c1)c1ccncc1n2C(O)c1cccnc1Cl. The lowest BCUT2D eigenvalue weighted by molar-refractivity contribution is 0.155. The van der Waals surface area contributed by atoms with Gasteiger partial charge in [-0.1, -0.05) is 11.6 Å². The molecule has 0 aliphatic rings. The van der Waals surface area contributed by atoms with Gasteiger partial charge in [0, 0.05) is 28.7 Å². The molecule has 3 aromatic heterocycles. The molecule has 5 nitrogen and oxygen atoms in total. The van der Waals surface area contributed by atoms with E-state index < -0.39 is 6.23 Å². The number of fused-ring (bicyclic) bond motifs is 3. The predicted octanol–water partition coefficient (Wildman–Crippen LogP) is 3.79. The van der Waals surface area contributed by atoms with Crippen LogP contribution in [0.25, 0.3) is 21.8 Å². The van der Waals surface area contributed by atoms with Crippen molar-refractivity contribution in [3.05, 3.63) is 65.7 Å². The molecule has 0 radical (unpaired) electrons. The highest BCUT2D eigenvalue weighted by molar-refractivity contribution is 6.30. The van der Waals surface area contributed by atoms with Gasteiger partial charge in [-0.3, -0.25) is 4.98 Å². The fraction of sp³-hybridized carbons (Fsp3) is 0.111. The van der Waals surface area contributed by atoms with E-state index in [4.69, 9.17) is 16.3 Å². The molecule has 3 heterocycles. The van der Waals surface area contributed by atoms with E-state index in [9.17, 15) is 5.11 Å². The summed E-state index contributed by atoms with van der Waals surface area (Å²) in [5.41, 5.74) is 2.22. The number of hydrogen-bond acceptors (Lipinski definition) is 4. The number of aliphatic hydroxyl groups excluding tert-OH is 1. The Balaban J connectivity index is 2.05. The van der Waals surface area contributed by atoms with Gasteiger partial charge >= 0.3 is 0 Å². The van der Waals surface area contributed by atoms with E-state index in [1.54, 1.807) is 42.4 Å².